The summed E-state index contributed by atoms with van der Waals surface area (Å²) in [5, 5.41) is 7.07. The number of nitrogens with one attached hydrogen (secondary N) is 2. The van der Waals surface area contributed by atoms with E-state index in [-0.39, 0.29) is 17.8 Å². The third-order valence-corrected chi connectivity index (χ3v) is 3.77. The molecule has 0 spiro atoms. The van der Waals surface area contributed by atoms with Crippen molar-refractivity contribution in [2.24, 2.45) is 10.8 Å². The number of rotatable bonds is 5. The van der Waals surface area contributed by atoms with Crippen molar-refractivity contribution in [3.8, 4) is 0 Å². The summed E-state index contributed by atoms with van der Waals surface area (Å²) >= 11 is 4.75. The van der Waals surface area contributed by atoms with Crippen LogP contribution in [0.5, 0.6) is 0 Å². The minimum absolute atomic E-state index is 0.0399. The third-order valence-electron chi connectivity index (χ3n) is 3.68. The Hall–Kier alpha value is -2.15. The fraction of sp³-hybridized carbons (Fsp3) is 0.438. The van der Waals surface area contributed by atoms with Gasteiger partial charge < -0.3 is 15.8 Å². The summed E-state index contributed by atoms with van der Waals surface area (Å²) in [5.41, 5.74) is 9.31. The van der Waals surface area contributed by atoms with Crippen LogP contribution in [-0.2, 0) is 4.74 Å². The zero-order valence-corrected chi connectivity index (χ0v) is 13.8. The first-order chi connectivity index (χ1) is 11.1. The molecule has 0 atom stereocenters. The third kappa shape index (κ3) is 6.23. The minimum atomic E-state index is -0.421. The van der Waals surface area contributed by atoms with Gasteiger partial charge in [0, 0.05) is 11.6 Å². The van der Waals surface area contributed by atoms with E-state index in [1.165, 1.54) is 6.42 Å². The first-order valence-corrected chi connectivity index (χ1v) is 8.16. The first kappa shape index (κ1) is 17.2. The van der Waals surface area contributed by atoms with Gasteiger partial charge in [-0.05, 0) is 25.1 Å². The molecule has 23 heavy (non-hydrogen) atoms. The Balaban J connectivity index is 1.91. The van der Waals surface area contributed by atoms with Gasteiger partial charge in [0.15, 0.2) is 5.11 Å². The lowest BCUT2D eigenvalue weighted by Gasteiger charge is -2.22. The molecule has 4 N–H and O–H groups in total. The predicted octanol–water partition coefficient (Wildman–Crippen LogP) is 2.28. The Morgan fingerprint density at radius 1 is 1.26 bits per heavy atom. The van der Waals surface area contributed by atoms with Gasteiger partial charge in [0.1, 0.15) is 12.3 Å². The van der Waals surface area contributed by atoms with Gasteiger partial charge in [0.2, 0.25) is 0 Å². The molecule has 0 radical (unpaired) electrons. The molecule has 0 saturated heterocycles. The minimum Gasteiger partial charge on any atom is -0.443 e. The molecule has 1 aromatic rings. The lowest BCUT2D eigenvalue weighted by molar-refractivity contribution is 0.154. The molecule has 1 aromatic carbocycles. The van der Waals surface area contributed by atoms with E-state index in [1.807, 2.05) is 30.3 Å². The van der Waals surface area contributed by atoms with Crippen molar-refractivity contribution < 1.29 is 9.53 Å². The summed E-state index contributed by atoms with van der Waals surface area (Å²) in [5.74, 6) is 0. The van der Waals surface area contributed by atoms with E-state index in [0.29, 0.717) is 5.71 Å². The summed E-state index contributed by atoms with van der Waals surface area (Å²) in [7, 11) is 0. The van der Waals surface area contributed by atoms with Crippen molar-refractivity contribution in [1.82, 2.24) is 10.7 Å². The van der Waals surface area contributed by atoms with Crippen molar-refractivity contribution in [3.63, 3.8) is 0 Å². The van der Waals surface area contributed by atoms with Gasteiger partial charge in [-0.1, -0.05) is 49.6 Å². The van der Waals surface area contributed by atoms with Gasteiger partial charge in [-0.15, -0.1) is 0 Å². The molecule has 1 fully saturated rings. The van der Waals surface area contributed by atoms with Crippen LogP contribution in [0, 0.1) is 0 Å². The van der Waals surface area contributed by atoms with Crippen molar-refractivity contribution in [3.05, 3.63) is 35.9 Å². The standard InChI is InChI=1S/C16H22N4O2S/c17-15(23)20-19-14(12-7-3-1-4-8-12)11-22-16(21)18-13-9-5-2-6-10-13/h1,3-4,7-8,13H,2,5-6,9-11H2,(H,18,21)(H3,17,20,23)/b19-14+. The van der Waals surface area contributed by atoms with E-state index in [1.54, 1.807) is 0 Å². The summed E-state index contributed by atoms with van der Waals surface area (Å²) in [6.07, 6.45) is 5.15. The molecule has 1 saturated carbocycles. The van der Waals surface area contributed by atoms with Gasteiger partial charge in [-0.25, -0.2) is 4.79 Å². The maximum Gasteiger partial charge on any atom is 0.407 e. The topological polar surface area (TPSA) is 88.7 Å². The van der Waals surface area contributed by atoms with Gasteiger partial charge in [-0.3, -0.25) is 5.43 Å². The van der Waals surface area contributed by atoms with Crippen molar-refractivity contribution in [1.29, 1.82) is 0 Å². The van der Waals surface area contributed by atoms with Crippen LogP contribution in [-0.4, -0.2) is 29.6 Å². The average Bonchev–Trinajstić information content (AvgIpc) is 2.56. The molecule has 2 rings (SSSR count). The lowest BCUT2D eigenvalue weighted by Crippen LogP contribution is -2.37. The molecule has 124 valence electrons. The fourth-order valence-electron chi connectivity index (χ4n) is 2.52. The number of nitrogens with two attached hydrogens (primary N) is 1. The Morgan fingerprint density at radius 2 is 1.96 bits per heavy atom. The van der Waals surface area contributed by atoms with Gasteiger partial charge >= 0.3 is 6.09 Å². The number of nitrogens with zero attached hydrogens (tertiary/aromatic N) is 1. The lowest BCUT2D eigenvalue weighted by atomic mass is 9.96. The van der Waals surface area contributed by atoms with Crippen LogP contribution in [0.4, 0.5) is 4.79 Å². The maximum atomic E-state index is 11.9. The molecular weight excluding hydrogens is 312 g/mol. The number of benzene rings is 1. The Kier molecular flexibility index (Phi) is 6.80. The highest BCUT2D eigenvalue weighted by Crippen LogP contribution is 2.17. The molecule has 0 aliphatic heterocycles. The Morgan fingerprint density at radius 3 is 2.61 bits per heavy atom. The van der Waals surface area contributed by atoms with E-state index < -0.39 is 6.09 Å². The first-order valence-electron chi connectivity index (χ1n) is 7.76. The number of carbonyl (C=O) groups excluding carboxylic acids is 1. The Bertz CT molecular complexity index is 556. The summed E-state index contributed by atoms with van der Waals surface area (Å²) in [6.45, 7) is 0.0399. The quantitative estimate of drug-likeness (QED) is 0.437. The van der Waals surface area contributed by atoms with Crippen LogP contribution >= 0.6 is 12.2 Å². The molecule has 1 aliphatic carbocycles. The van der Waals surface area contributed by atoms with Crippen molar-refractivity contribution >= 4 is 29.1 Å². The van der Waals surface area contributed by atoms with Gasteiger partial charge in [-0.2, -0.15) is 5.10 Å². The number of hydrogen-bond acceptors (Lipinski definition) is 4. The number of hydrogen-bond donors (Lipinski definition) is 3. The highest BCUT2D eigenvalue weighted by molar-refractivity contribution is 7.80. The SMILES string of the molecule is NC(=S)N/N=C(\COC(=O)NC1CCCCC1)c1ccccc1. The molecule has 0 bridgehead atoms. The second-order valence-electron chi connectivity index (χ2n) is 5.46. The zero-order chi connectivity index (χ0) is 16.5. The average molecular weight is 334 g/mol. The zero-order valence-electron chi connectivity index (χ0n) is 13.0. The molecule has 1 amide bonds. The number of alkyl carbamates (subject to hydrolysis) is 1. The number of ether oxygens (including phenoxy) is 1. The van der Waals surface area contributed by atoms with E-state index in [2.05, 4.69) is 15.8 Å². The van der Waals surface area contributed by atoms with Gasteiger partial charge in [0.05, 0.1) is 0 Å². The molecule has 1 aliphatic rings. The van der Waals surface area contributed by atoms with Crippen LogP contribution in [0.1, 0.15) is 37.7 Å². The van der Waals surface area contributed by atoms with E-state index in [4.69, 9.17) is 22.7 Å². The van der Waals surface area contributed by atoms with Crippen LogP contribution in [0.3, 0.4) is 0 Å². The normalized spacial score (nSPS) is 15.7. The molecular formula is C16H22N4O2S. The summed E-state index contributed by atoms with van der Waals surface area (Å²) in [4.78, 5) is 11.9. The molecule has 0 heterocycles. The van der Waals surface area contributed by atoms with Crippen LogP contribution in [0.25, 0.3) is 0 Å². The fourth-order valence-corrected chi connectivity index (χ4v) is 2.57. The van der Waals surface area contributed by atoms with Crippen molar-refractivity contribution in [2.45, 2.75) is 38.1 Å². The van der Waals surface area contributed by atoms with Crippen LogP contribution < -0.4 is 16.5 Å². The molecule has 0 aromatic heterocycles. The number of amides is 1. The van der Waals surface area contributed by atoms with Crippen molar-refractivity contribution in [2.75, 3.05) is 6.61 Å². The second-order valence-corrected chi connectivity index (χ2v) is 5.90. The number of thiocarbonyl (C=S) groups is 1. The van der Waals surface area contributed by atoms with Crippen LogP contribution in [0.15, 0.2) is 35.4 Å². The van der Waals surface area contributed by atoms with Gasteiger partial charge in [0.25, 0.3) is 0 Å². The highest BCUT2D eigenvalue weighted by atomic mass is 32.1. The second kappa shape index (κ2) is 9.09. The van der Waals surface area contributed by atoms with E-state index in [0.717, 1.165) is 31.2 Å². The molecule has 0 unspecified atom stereocenters. The van der Waals surface area contributed by atoms with E-state index in [9.17, 15) is 4.79 Å². The largest absolute Gasteiger partial charge is 0.443 e. The number of carbonyl (C=O) groups is 1. The highest BCUT2D eigenvalue weighted by Gasteiger charge is 2.17. The Labute approximate surface area is 141 Å². The van der Waals surface area contributed by atoms with Crippen LogP contribution in [0.2, 0.25) is 0 Å². The molecule has 6 nitrogen and oxygen atoms in total. The predicted molar refractivity (Wildman–Crippen MR) is 94.3 cm³/mol. The molecule has 7 heteroatoms. The smallest absolute Gasteiger partial charge is 0.407 e. The number of hydrazone groups is 1. The summed E-state index contributed by atoms with van der Waals surface area (Å²) in [6, 6.07) is 9.63. The maximum absolute atomic E-state index is 11.9. The summed E-state index contributed by atoms with van der Waals surface area (Å²) < 4.78 is 5.29. The van der Waals surface area contributed by atoms with E-state index >= 15 is 0 Å². The monoisotopic (exact) mass is 334 g/mol.